The van der Waals surface area contributed by atoms with Gasteiger partial charge >= 0.3 is 5.97 Å². The van der Waals surface area contributed by atoms with Gasteiger partial charge in [-0.2, -0.15) is 4.31 Å². The van der Waals surface area contributed by atoms with E-state index in [2.05, 4.69) is 14.9 Å². The van der Waals surface area contributed by atoms with Gasteiger partial charge in [-0.1, -0.05) is 11.8 Å². The van der Waals surface area contributed by atoms with Crippen LogP contribution >= 0.6 is 11.8 Å². The fourth-order valence-electron chi connectivity index (χ4n) is 2.59. The van der Waals surface area contributed by atoms with Crippen LogP contribution in [0.25, 0.3) is 11.4 Å². The Hall–Kier alpha value is -1.95. The fraction of sp³-hybridized carbons (Fsp3) is 0.438. The molecule has 1 aliphatic rings. The highest BCUT2D eigenvalue weighted by molar-refractivity contribution is 7.99. The highest BCUT2D eigenvalue weighted by atomic mass is 32.2. The second kappa shape index (κ2) is 8.38. The molecule has 9 nitrogen and oxygen atoms in total. The molecule has 0 N–H and O–H groups in total. The van der Waals surface area contributed by atoms with Gasteiger partial charge in [0.15, 0.2) is 11.0 Å². The Labute approximate surface area is 161 Å². The number of ether oxygens (including phenoxy) is 2. The van der Waals surface area contributed by atoms with Crippen molar-refractivity contribution in [1.29, 1.82) is 0 Å². The summed E-state index contributed by atoms with van der Waals surface area (Å²) in [6.45, 7) is 1.52. The Kier molecular flexibility index (Phi) is 6.15. The minimum absolute atomic E-state index is 0.138. The van der Waals surface area contributed by atoms with E-state index in [1.54, 1.807) is 35.9 Å². The predicted octanol–water partition coefficient (Wildman–Crippen LogP) is 0.768. The summed E-state index contributed by atoms with van der Waals surface area (Å²) in [5.74, 6) is 0.374. The maximum atomic E-state index is 12.7. The molecule has 27 heavy (non-hydrogen) atoms. The van der Waals surface area contributed by atoms with E-state index in [0.717, 1.165) is 5.56 Å². The van der Waals surface area contributed by atoms with Crippen LogP contribution in [0.1, 0.15) is 0 Å². The van der Waals surface area contributed by atoms with Crippen molar-refractivity contribution in [3.05, 3.63) is 24.3 Å². The van der Waals surface area contributed by atoms with Crippen molar-refractivity contribution < 1.29 is 22.7 Å². The molecule has 0 bridgehead atoms. The highest BCUT2D eigenvalue weighted by Gasteiger charge is 2.26. The second-order valence-electron chi connectivity index (χ2n) is 5.77. The monoisotopic (exact) mass is 412 g/mol. The fourth-order valence-corrected chi connectivity index (χ4v) is 4.74. The lowest BCUT2D eigenvalue weighted by atomic mass is 10.2. The smallest absolute Gasteiger partial charge is 0.316 e. The molecule has 0 spiro atoms. The quantitative estimate of drug-likeness (QED) is 0.506. The molecule has 0 saturated carbocycles. The first-order chi connectivity index (χ1) is 12.9. The molecule has 146 valence electrons. The first-order valence-electron chi connectivity index (χ1n) is 8.21. The SMILES string of the molecule is COC(=O)CSc1nnc(-c2ccc(S(=O)(=O)N3CCOCC3)cc2)n1C. The summed E-state index contributed by atoms with van der Waals surface area (Å²) in [5, 5.41) is 8.78. The third kappa shape index (κ3) is 4.32. The number of methoxy groups -OCH3 is 1. The van der Waals surface area contributed by atoms with E-state index in [1.807, 2.05) is 0 Å². The first kappa shape index (κ1) is 19.8. The summed E-state index contributed by atoms with van der Waals surface area (Å²) in [4.78, 5) is 11.5. The number of rotatable bonds is 6. The van der Waals surface area contributed by atoms with Crippen molar-refractivity contribution in [2.75, 3.05) is 39.2 Å². The van der Waals surface area contributed by atoms with Crippen molar-refractivity contribution in [1.82, 2.24) is 19.1 Å². The van der Waals surface area contributed by atoms with E-state index in [-0.39, 0.29) is 16.6 Å². The number of carbonyl (C=O) groups is 1. The number of hydrogen-bond donors (Lipinski definition) is 0. The number of morpholine rings is 1. The van der Waals surface area contributed by atoms with Crippen molar-refractivity contribution in [3.8, 4) is 11.4 Å². The number of thioether (sulfide) groups is 1. The maximum absolute atomic E-state index is 12.7. The minimum atomic E-state index is -3.53. The number of esters is 1. The van der Waals surface area contributed by atoms with Crippen LogP contribution in [0.15, 0.2) is 34.3 Å². The van der Waals surface area contributed by atoms with E-state index in [0.29, 0.717) is 37.3 Å². The molecule has 0 radical (unpaired) electrons. The lowest BCUT2D eigenvalue weighted by Crippen LogP contribution is -2.40. The molecule has 0 atom stereocenters. The highest BCUT2D eigenvalue weighted by Crippen LogP contribution is 2.25. The van der Waals surface area contributed by atoms with Gasteiger partial charge in [-0.05, 0) is 24.3 Å². The third-order valence-electron chi connectivity index (χ3n) is 4.10. The Morgan fingerprint density at radius 2 is 1.89 bits per heavy atom. The summed E-state index contributed by atoms with van der Waals surface area (Å²) in [5.41, 5.74) is 0.732. The molecule has 1 aromatic carbocycles. The van der Waals surface area contributed by atoms with Crippen LogP contribution in [0, 0.1) is 0 Å². The van der Waals surface area contributed by atoms with Crippen molar-refractivity contribution >= 4 is 27.8 Å². The van der Waals surface area contributed by atoms with Gasteiger partial charge in [-0.3, -0.25) is 4.79 Å². The summed E-state index contributed by atoms with van der Waals surface area (Å²) < 4.78 is 38.3. The van der Waals surface area contributed by atoms with Crippen LogP contribution in [0.4, 0.5) is 0 Å². The lowest BCUT2D eigenvalue weighted by molar-refractivity contribution is -0.137. The average Bonchev–Trinajstić information content (AvgIpc) is 3.07. The molecule has 3 rings (SSSR count). The van der Waals surface area contributed by atoms with Gasteiger partial charge in [-0.15, -0.1) is 10.2 Å². The van der Waals surface area contributed by atoms with Crippen LogP contribution in [-0.2, 0) is 31.3 Å². The molecule has 0 amide bonds. The lowest BCUT2D eigenvalue weighted by Gasteiger charge is -2.26. The maximum Gasteiger partial charge on any atom is 0.316 e. The van der Waals surface area contributed by atoms with E-state index in [9.17, 15) is 13.2 Å². The van der Waals surface area contributed by atoms with Gasteiger partial charge in [0.2, 0.25) is 10.0 Å². The number of aromatic nitrogens is 3. The van der Waals surface area contributed by atoms with Crippen LogP contribution < -0.4 is 0 Å². The molecule has 1 aliphatic heterocycles. The van der Waals surface area contributed by atoms with Gasteiger partial charge in [0.05, 0.1) is 31.0 Å². The topological polar surface area (TPSA) is 104 Å². The Morgan fingerprint density at radius 1 is 1.22 bits per heavy atom. The average molecular weight is 412 g/mol. The Bertz CT molecular complexity index is 905. The van der Waals surface area contributed by atoms with Gasteiger partial charge < -0.3 is 14.0 Å². The molecule has 1 aromatic heterocycles. The second-order valence-corrected chi connectivity index (χ2v) is 8.65. The first-order valence-corrected chi connectivity index (χ1v) is 10.6. The number of hydrogen-bond acceptors (Lipinski definition) is 8. The van der Waals surface area contributed by atoms with Crippen LogP contribution in [0.3, 0.4) is 0 Å². The number of carbonyl (C=O) groups excluding carboxylic acids is 1. The normalized spacial score (nSPS) is 15.6. The van der Waals surface area contributed by atoms with Gasteiger partial charge in [0, 0.05) is 25.7 Å². The van der Waals surface area contributed by atoms with Gasteiger partial charge in [0.1, 0.15) is 0 Å². The molecule has 2 aromatic rings. The molecular weight excluding hydrogens is 392 g/mol. The van der Waals surface area contributed by atoms with E-state index in [1.165, 1.54) is 23.2 Å². The number of sulfonamides is 1. The number of nitrogens with zero attached hydrogens (tertiary/aromatic N) is 4. The number of benzene rings is 1. The van der Waals surface area contributed by atoms with Gasteiger partial charge in [-0.25, -0.2) is 8.42 Å². The molecule has 0 unspecified atom stereocenters. The van der Waals surface area contributed by atoms with Gasteiger partial charge in [0.25, 0.3) is 0 Å². The molecule has 2 heterocycles. The summed E-state index contributed by atoms with van der Waals surface area (Å²) >= 11 is 1.22. The van der Waals surface area contributed by atoms with Crippen molar-refractivity contribution in [2.45, 2.75) is 10.1 Å². The Balaban J connectivity index is 1.77. The molecule has 1 saturated heterocycles. The molecule has 11 heteroatoms. The van der Waals surface area contributed by atoms with Crippen LogP contribution in [0.2, 0.25) is 0 Å². The van der Waals surface area contributed by atoms with Crippen molar-refractivity contribution in [2.24, 2.45) is 7.05 Å². The van der Waals surface area contributed by atoms with Crippen LogP contribution in [0.5, 0.6) is 0 Å². The van der Waals surface area contributed by atoms with E-state index in [4.69, 9.17) is 4.74 Å². The van der Waals surface area contributed by atoms with E-state index >= 15 is 0 Å². The largest absolute Gasteiger partial charge is 0.468 e. The summed E-state index contributed by atoms with van der Waals surface area (Å²) in [7, 11) is -0.416. The third-order valence-corrected chi connectivity index (χ3v) is 7.01. The summed E-state index contributed by atoms with van der Waals surface area (Å²) in [6.07, 6.45) is 0. The summed E-state index contributed by atoms with van der Waals surface area (Å²) in [6, 6.07) is 6.53. The molecular formula is C16H20N4O5S2. The zero-order chi connectivity index (χ0) is 19.4. The van der Waals surface area contributed by atoms with Crippen molar-refractivity contribution in [3.63, 3.8) is 0 Å². The van der Waals surface area contributed by atoms with Crippen LogP contribution in [-0.4, -0.2) is 72.6 Å². The molecule has 1 fully saturated rings. The molecule has 0 aliphatic carbocycles. The zero-order valence-corrected chi connectivity index (χ0v) is 16.6. The standard InChI is InChI=1S/C16H20N4O5S2/c1-19-15(17-18-16(19)26-11-14(21)24-2)12-3-5-13(6-4-12)27(22,23)20-7-9-25-10-8-20/h3-6H,7-11H2,1-2H3. The Morgan fingerprint density at radius 3 is 2.52 bits per heavy atom. The predicted molar refractivity (Wildman–Crippen MR) is 98.8 cm³/mol. The van der Waals surface area contributed by atoms with E-state index < -0.39 is 10.0 Å². The zero-order valence-electron chi connectivity index (χ0n) is 15.0. The minimum Gasteiger partial charge on any atom is -0.468 e.